The van der Waals surface area contributed by atoms with Crippen molar-refractivity contribution in [1.82, 2.24) is 14.9 Å². The molecule has 4 aromatic rings. The van der Waals surface area contributed by atoms with Crippen LogP contribution in [0.2, 0.25) is 5.02 Å². The summed E-state index contributed by atoms with van der Waals surface area (Å²) in [6.45, 7) is 4.43. The van der Waals surface area contributed by atoms with E-state index in [1.165, 1.54) is 12.1 Å². The number of anilines is 2. The third-order valence-corrected chi connectivity index (χ3v) is 11.5. The molecule has 3 fully saturated rings. The van der Waals surface area contributed by atoms with E-state index in [0.717, 1.165) is 43.7 Å². The Labute approximate surface area is 276 Å². The number of nitrogen functional groups attached to an aromatic ring is 1. The maximum Gasteiger partial charge on any atom is 0.319 e. The molecule has 4 aliphatic rings. The molecular weight excluding hydrogens is 656 g/mol. The van der Waals surface area contributed by atoms with Gasteiger partial charge in [-0.05, 0) is 49.8 Å². The molecule has 2 aromatic carbocycles. The monoisotopic (exact) mass is 684 g/mol. The first-order valence-corrected chi connectivity index (χ1v) is 16.7. The Balaban J connectivity index is 1.36. The fourth-order valence-corrected chi connectivity index (χ4v) is 9.43. The van der Waals surface area contributed by atoms with Crippen LogP contribution in [-0.4, -0.2) is 59.3 Å². The minimum absolute atomic E-state index is 0.00434. The Kier molecular flexibility index (Phi) is 7.20. The highest BCUT2D eigenvalue weighted by Crippen LogP contribution is 2.52. The highest BCUT2D eigenvalue weighted by atomic mass is 35.5. The number of aromatic nitrogens is 2. The maximum atomic E-state index is 17.1. The molecule has 0 radical (unpaired) electrons. The van der Waals surface area contributed by atoms with Gasteiger partial charge in [-0.3, -0.25) is 4.90 Å². The second-order valence-corrected chi connectivity index (χ2v) is 14.4. The minimum Gasteiger partial charge on any atom is -0.491 e. The Hall–Kier alpha value is -3.86. The van der Waals surface area contributed by atoms with Gasteiger partial charge in [-0.15, -0.1) is 11.3 Å². The van der Waals surface area contributed by atoms with Crippen LogP contribution in [0, 0.1) is 28.9 Å². The van der Waals surface area contributed by atoms with Crippen LogP contribution in [0.15, 0.2) is 23.8 Å². The molecule has 2 unspecified atom stereocenters. The molecule has 0 bridgehead atoms. The summed E-state index contributed by atoms with van der Waals surface area (Å²) in [5.74, 6) is -0.728. The van der Waals surface area contributed by atoms with E-state index in [1.54, 1.807) is 4.90 Å². The van der Waals surface area contributed by atoms with Gasteiger partial charge in [0.1, 0.15) is 34.8 Å². The van der Waals surface area contributed by atoms with Gasteiger partial charge in [-0.1, -0.05) is 24.6 Å². The number of thiophene rings is 1. The minimum atomic E-state index is -1.75. The van der Waals surface area contributed by atoms with Crippen molar-refractivity contribution in [2.75, 3.05) is 43.5 Å². The van der Waals surface area contributed by atoms with E-state index in [4.69, 9.17) is 31.8 Å². The van der Waals surface area contributed by atoms with Crippen LogP contribution in [0.5, 0.6) is 11.8 Å². The lowest BCUT2D eigenvalue weighted by Gasteiger charge is -2.32. The van der Waals surface area contributed by atoms with Crippen molar-refractivity contribution in [3.8, 4) is 29.0 Å². The van der Waals surface area contributed by atoms with Gasteiger partial charge in [0, 0.05) is 42.1 Å². The molecule has 0 spiro atoms. The van der Waals surface area contributed by atoms with Gasteiger partial charge in [0.05, 0.1) is 32.8 Å². The smallest absolute Gasteiger partial charge is 0.319 e. The van der Waals surface area contributed by atoms with E-state index < -0.39 is 17.7 Å². The Bertz CT molecular complexity index is 2060. The fraction of sp³-hybridized carbons (Fsp3) is 0.424. The van der Waals surface area contributed by atoms with Crippen molar-refractivity contribution < 1.29 is 27.0 Å². The molecule has 14 heteroatoms. The molecule has 6 heterocycles. The first-order valence-electron chi connectivity index (χ1n) is 15.5. The Morgan fingerprint density at radius 3 is 2.89 bits per heavy atom. The van der Waals surface area contributed by atoms with Gasteiger partial charge in [-0.2, -0.15) is 24.0 Å². The van der Waals surface area contributed by atoms with E-state index in [0.29, 0.717) is 18.9 Å². The van der Waals surface area contributed by atoms with E-state index >= 15 is 4.39 Å². The van der Waals surface area contributed by atoms with E-state index in [2.05, 4.69) is 16.8 Å². The molecule has 8 rings (SSSR count). The van der Waals surface area contributed by atoms with E-state index in [-0.39, 0.29) is 102 Å². The summed E-state index contributed by atoms with van der Waals surface area (Å²) in [5.41, 5.74) is 5.68. The molecular formula is C33H29ClF4N6O2S. The quantitative estimate of drug-likeness (QED) is 0.219. The first-order chi connectivity index (χ1) is 22.6. The molecule has 0 saturated carbocycles. The van der Waals surface area contributed by atoms with Gasteiger partial charge in [0.25, 0.3) is 6.08 Å². The number of rotatable bonds is 4. The molecule has 244 valence electrons. The molecule has 2 aromatic heterocycles. The average molecular weight is 685 g/mol. The number of nitrogens with two attached hydrogens (primary N) is 1. The number of nitrogens with zero attached hydrogens (tertiary/aromatic N) is 5. The fourth-order valence-electron chi connectivity index (χ4n) is 8.14. The normalized spacial score (nSPS) is 23.9. The molecule has 0 aliphatic carbocycles. The molecule has 4 aliphatic heterocycles. The van der Waals surface area contributed by atoms with Crippen molar-refractivity contribution in [3.05, 3.63) is 46.0 Å². The van der Waals surface area contributed by atoms with Crippen molar-refractivity contribution in [3.63, 3.8) is 0 Å². The number of fused-ring (bicyclic) bond motifs is 4. The van der Waals surface area contributed by atoms with Crippen LogP contribution < -0.4 is 20.1 Å². The first kappa shape index (κ1) is 30.5. The topological polar surface area (TPSA) is 101 Å². The second-order valence-electron chi connectivity index (χ2n) is 13.0. The summed E-state index contributed by atoms with van der Waals surface area (Å²) >= 11 is 7.86. The van der Waals surface area contributed by atoms with Crippen molar-refractivity contribution >= 4 is 54.7 Å². The van der Waals surface area contributed by atoms with Gasteiger partial charge < -0.3 is 20.1 Å². The zero-order chi connectivity index (χ0) is 32.8. The standard InChI is InChI=1S/C33H29ClF4N6O2S/c1-15-10-33(6-2-7-43(33)12-15)14-46-32-41-26-23-27(45-8-5-17-9-16(29(37)38)13-44(17)31(23)42-32)24(34)22(25(26)36)18-3-4-20(35)28-21(18)19(11-39)30(40)47-28/h3-4,15,17H,2,5-10,12-14,40H2,1H3/t15-,17?,33?/m1/s1. The molecule has 2 N–H and O–H groups in total. The van der Waals surface area contributed by atoms with Crippen LogP contribution in [0.3, 0.4) is 0 Å². The largest absolute Gasteiger partial charge is 0.491 e. The lowest BCUT2D eigenvalue weighted by Crippen LogP contribution is -2.43. The number of benzene rings is 2. The van der Waals surface area contributed by atoms with E-state index in [9.17, 15) is 18.4 Å². The molecule has 3 saturated heterocycles. The number of halogens is 5. The SMILES string of the molecule is C[C@H]1CN2CCCC2(COc2nc3c4c(c(Cl)c(-c5ccc(F)c6sc(N)c(C#N)c56)c(F)c4n2)OCCC2CC(=C(F)F)CN32)C1. The third kappa shape index (κ3) is 4.63. The predicted molar refractivity (Wildman–Crippen MR) is 172 cm³/mol. The number of nitriles is 1. The zero-order valence-corrected chi connectivity index (χ0v) is 26.9. The van der Waals surface area contributed by atoms with Gasteiger partial charge in [0.2, 0.25) is 0 Å². The van der Waals surface area contributed by atoms with Crippen molar-refractivity contribution in [2.45, 2.75) is 50.6 Å². The summed E-state index contributed by atoms with van der Waals surface area (Å²) in [6.07, 6.45) is 1.67. The van der Waals surface area contributed by atoms with Gasteiger partial charge >= 0.3 is 6.01 Å². The summed E-state index contributed by atoms with van der Waals surface area (Å²) < 4.78 is 72.5. The highest BCUT2D eigenvalue weighted by molar-refractivity contribution is 7.23. The Morgan fingerprint density at radius 1 is 1.28 bits per heavy atom. The number of ether oxygens (including phenoxy) is 2. The lowest BCUT2D eigenvalue weighted by molar-refractivity contribution is 0.107. The number of hydrogen-bond donors (Lipinski definition) is 1. The summed E-state index contributed by atoms with van der Waals surface area (Å²) in [6, 6.07) is 4.06. The summed E-state index contributed by atoms with van der Waals surface area (Å²) in [4.78, 5) is 13.5. The van der Waals surface area contributed by atoms with Gasteiger partial charge in [0.15, 0.2) is 11.6 Å². The third-order valence-electron chi connectivity index (χ3n) is 10.1. The van der Waals surface area contributed by atoms with Crippen LogP contribution >= 0.6 is 22.9 Å². The lowest BCUT2D eigenvalue weighted by atomic mass is 9.92. The van der Waals surface area contributed by atoms with Crippen LogP contribution in [0.4, 0.5) is 28.4 Å². The average Bonchev–Trinajstić information content (AvgIpc) is 3.78. The predicted octanol–water partition coefficient (Wildman–Crippen LogP) is 7.66. The molecule has 8 nitrogen and oxygen atoms in total. The van der Waals surface area contributed by atoms with Gasteiger partial charge in [-0.25, -0.2) is 8.78 Å². The Morgan fingerprint density at radius 2 is 2.11 bits per heavy atom. The van der Waals surface area contributed by atoms with E-state index in [1.807, 2.05) is 6.07 Å². The summed E-state index contributed by atoms with van der Waals surface area (Å²) in [7, 11) is 0. The number of hydrogen-bond acceptors (Lipinski definition) is 9. The maximum absolute atomic E-state index is 17.1. The zero-order valence-electron chi connectivity index (χ0n) is 25.3. The molecule has 47 heavy (non-hydrogen) atoms. The molecule has 3 atom stereocenters. The summed E-state index contributed by atoms with van der Waals surface area (Å²) in [5, 5.41) is 10.1. The van der Waals surface area contributed by atoms with Crippen LogP contribution in [-0.2, 0) is 0 Å². The second kappa shape index (κ2) is 11.1. The highest BCUT2D eigenvalue weighted by Gasteiger charge is 2.48. The van der Waals surface area contributed by atoms with Crippen LogP contribution in [0.25, 0.3) is 32.1 Å². The van der Waals surface area contributed by atoms with Crippen LogP contribution in [0.1, 0.15) is 44.6 Å². The van der Waals surface area contributed by atoms with Crippen molar-refractivity contribution in [2.24, 2.45) is 5.92 Å². The van der Waals surface area contributed by atoms with Crippen molar-refractivity contribution in [1.29, 1.82) is 5.26 Å². The molecule has 0 amide bonds.